The molecule has 0 spiro atoms. The van der Waals surface area contributed by atoms with Gasteiger partial charge in [0.05, 0.1) is 13.4 Å². The van der Waals surface area contributed by atoms with E-state index in [0.717, 1.165) is 6.07 Å². The van der Waals surface area contributed by atoms with E-state index in [1.807, 2.05) is 0 Å². The van der Waals surface area contributed by atoms with Crippen LogP contribution in [-0.2, 0) is 17.7 Å². The minimum absolute atomic E-state index is 0.0259. The highest BCUT2D eigenvalue weighted by Gasteiger charge is 2.15. The molecule has 0 bridgehead atoms. The summed E-state index contributed by atoms with van der Waals surface area (Å²) in [6.07, 6.45) is 1.74. The van der Waals surface area contributed by atoms with Gasteiger partial charge in [-0.05, 0) is 24.1 Å². The summed E-state index contributed by atoms with van der Waals surface area (Å²) in [7, 11) is 1.23. The van der Waals surface area contributed by atoms with Gasteiger partial charge in [0.15, 0.2) is 5.69 Å². The number of nitrogens with two attached hydrogens (primary N) is 1. The van der Waals surface area contributed by atoms with Gasteiger partial charge in [-0.3, -0.25) is 0 Å². The Morgan fingerprint density at radius 3 is 2.60 bits per heavy atom. The number of halogens is 2. The minimum atomic E-state index is -0.631. The first kappa shape index (κ1) is 14.0. The second kappa shape index (κ2) is 5.68. The molecule has 1 heterocycles. The molecule has 2 aromatic rings. The summed E-state index contributed by atoms with van der Waals surface area (Å²) in [6.45, 7) is 0.346. The number of aryl methyl sites for hydroxylation is 2. The maximum Gasteiger partial charge on any atom is 0.360 e. The maximum absolute atomic E-state index is 13.0. The molecule has 1 aromatic heterocycles. The van der Waals surface area contributed by atoms with Gasteiger partial charge < -0.3 is 15.0 Å². The van der Waals surface area contributed by atoms with E-state index in [1.54, 1.807) is 0 Å². The number of nitrogens with zero attached hydrogens (tertiary/aromatic N) is 2. The van der Waals surface area contributed by atoms with Gasteiger partial charge in [0.2, 0.25) is 0 Å². The molecule has 0 amide bonds. The fourth-order valence-electron chi connectivity index (χ4n) is 1.83. The number of methoxy groups -OCH3 is 1. The fraction of sp³-hybridized carbons (Fsp3) is 0.231. The highest BCUT2D eigenvalue weighted by atomic mass is 19.1. The molecule has 7 heteroatoms. The van der Waals surface area contributed by atoms with Gasteiger partial charge in [-0.2, -0.15) is 0 Å². The fourth-order valence-corrected chi connectivity index (χ4v) is 1.83. The second-order valence-corrected chi connectivity index (χ2v) is 4.19. The topological polar surface area (TPSA) is 70.1 Å². The number of esters is 1. The number of aromatic nitrogens is 2. The molecule has 0 atom stereocenters. The minimum Gasteiger partial charge on any atom is -0.464 e. The van der Waals surface area contributed by atoms with E-state index >= 15 is 0 Å². The number of rotatable bonds is 4. The van der Waals surface area contributed by atoms with E-state index in [9.17, 15) is 13.6 Å². The van der Waals surface area contributed by atoms with Gasteiger partial charge in [0.1, 0.15) is 17.5 Å². The van der Waals surface area contributed by atoms with E-state index < -0.39 is 17.6 Å². The van der Waals surface area contributed by atoms with Gasteiger partial charge in [-0.15, -0.1) is 0 Å². The van der Waals surface area contributed by atoms with Crippen molar-refractivity contribution in [3.63, 3.8) is 0 Å². The zero-order chi connectivity index (χ0) is 14.7. The molecule has 0 aliphatic heterocycles. The number of hydrogen-bond acceptors (Lipinski definition) is 4. The largest absolute Gasteiger partial charge is 0.464 e. The molecular weight excluding hydrogens is 268 g/mol. The van der Waals surface area contributed by atoms with Crippen molar-refractivity contribution in [1.82, 2.24) is 9.55 Å². The van der Waals surface area contributed by atoms with Crippen LogP contribution in [0.2, 0.25) is 0 Å². The molecule has 0 saturated heterocycles. The van der Waals surface area contributed by atoms with Gasteiger partial charge in [-0.25, -0.2) is 18.6 Å². The molecule has 0 saturated carbocycles. The molecule has 0 aliphatic carbocycles. The number of carbonyl (C=O) groups is 1. The Bertz CT molecular complexity index is 620. The molecule has 0 unspecified atom stereocenters. The van der Waals surface area contributed by atoms with Crippen LogP contribution in [0.5, 0.6) is 0 Å². The smallest absolute Gasteiger partial charge is 0.360 e. The van der Waals surface area contributed by atoms with Crippen LogP contribution in [0.25, 0.3) is 0 Å². The summed E-state index contributed by atoms with van der Waals surface area (Å²) < 4.78 is 32.1. The molecule has 0 radical (unpaired) electrons. The van der Waals surface area contributed by atoms with Crippen LogP contribution in [0.3, 0.4) is 0 Å². The van der Waals surface area contributed by atoms with Crippen LogP contribution in [0.1, 0.15) is 16.1 Å². The van der Waals surface area contributed by atoms with Crippen molar-refractivity contribution in [2.75, 3.05) is 12.8 Å². The van der Waals surface area contributed by atoms with Crippen LogP contribution in [0.4, 0.5) is 14.6 Å². The first-order chi connectivity index (χ1) is 9.51. The number of ether oxygens (including phenoxy) is 1. The number of imidazole rings is 1. The van der Waals surface area contributed by atoms with E-state index in [1.165, 1.54) is 30.1 Å². The van der Waals surface area contributed by atoms with Crippen molar-refractivity contribution >= 4 is 11.8 Å². The maximum atomic E-state index is 13.0. The Labute approximate surface area is 114 Å². The van der Waals surface area contributed by atoms with Crippen molar-refractivity contribution in [2.45, 2.75) is 13.0 Å². The Morgan fingerprint density at radius 1 is 1.35 bits per heavy atom. The van der Waals surface area contributed by atoms with E-state index in [4.69, 9.17) is 5.73 Å². The van der Waals surface area contributed by atoms with Crippen LogP contribution in [-0.4, -0.2) is 22.6 Å². The van der Waals surface area contributed by atoms with Crippen molar-refractivity contribution in [3.8, 4) is 0 Å². The molecule has 20 heavy (non-hydrogen) atoms. The summed E-state index contributed by atoms with van der Waals surface area (Å²) in [5.41, 5.74) is 6.28. The van der Waals surface area contributed by atoms with E-state index in [0.29, 0.717) is 18.5 Å². The zero-order valence-corrected chi connectivity index (χ0v) is 10.8. The predicted octanol–water partition coefficient (Wildman–Crippen LogP) is 1.77. The summed E-state index contributed by atoms with van der Waals surface area (Å²) in [6, 6.07) is 3.30. The highest BCUT2D eigenvalue weighted by Crippen LogP contribution is 2.14. The Morgan fingerprint density at radius 2 is 2.00 bits per heavy atom. The molecule has 106 valence electrons. The molecule has 2 N–H and O–H groups in total. The van der Waals surface area contributed by atoms with Gasteiger partial charge in [0, 0.05) is 12.6 Å². The van der Waals surface area contributed by atoms with Crippen LogP contribution >= 0.6 is 0 Å². The van der Waals surface area contributed by atoms with Crippen molar-refractivity contribution in [2.24, 2.45) is 0 Å². The monoisotopic (exact) mass is 281 g/mol. The molecule has 0 aliphatic rings. The number of anilines is 1. The Balaban J connectivity index is 2.11. The van der Waals surface area contributed by atoms with Crippen LogP contribution in [0, 0.1) is 11.6 Å². The van der Waals surface area contributed by atoms with Crippen molar-refractivity contribution in [3.05, 3.63) is 47.4 Å². The molecule has 0 fully saturated rings. The summed E-state index contributed by atoms with van der Waals surface area (Å²) in [5.74, 6) is -1.73. The van der Waals surface area contributed by atoms with Crippen LogP contribution in [0.15, 0.2) is 24.5 Å². The number of carbonyl (C=O) groups excluding carboxylic acids is 1. The molecule has 1 aromatic carbocycles. The average molecular weight is 281 g/mol. The quantitative estimate of drug-likeness (QED) is 0.867. The molecule has 2 rings (SSSR count). The lowest BCUT2D eigenvalue weighted by molar-refractivity contribution is 0.0596. The van der Waals surface area contributed by atoms with Crippen molar-refractivity contribution in [1.29, 1.82) is 0 Å². The predicted molar refractivity (Wildman–Crippen MR) is 68.0 cm³/mol. The molecular formula is C13H13F2N3O2. The average Bonchev–Trinajstić information content (AvgIpc) is 2.76. The normalized spacial score (nSPS) is 10.6. The Hall–Kier alpha value is -2.44. The summed E-state index contributed by atoms with van der Waals surface area (Å²) in [4.78, 5) is 15.2. The zero-order valence-electron chi connectivity index (χ0n) is 10.8. The lowest BCUT2D eigenvalue weighted by Gasteiger charge is -2.06. The van der Waals surface area contributed by atoms with Gasteiger partial charge >= 0.3 is 5.97 Å². The third kappa shape index (κ3) is 2.93. The van der Waals surface area contributed by atoms with Crippen LogP contribution < -0.4 is 5.73 Å². The summed E-state index contributed by atoms with van der Waals surface area (Å²) in [5, 5.41) is 0. The molecule has 5 nitrogen and oxygen atoms in total. The highest BCUT2D eigenvalue weighted by molar-refractivity contribution is 5.92. The third-order valence-electron chi connectivity index (χ3n) is 2.82. The van der Waals surface area contributed by atoms with E-state index in [-0.39, 0.29) is 11.5 Å². The number of benzene rings is 1. The summed E-state index contributed by atoms with van der Waals surface area (Å²) >= 11 is 0. The second-order valence-electron chi connectivity index (χ2n) is 4.19. The van der Waals surface area contributed by atoms with Gasteiger partial charge in [-0.1, -0.05) is 0 Å². The number of nitrogen functional groups attached to an aromatic ring is 1. The SMILES string of the molecule is COC(=O)c1ncn(CCc2cc(F)cc(F)c2)c1N. The Kier molecular flexibility index (Phi) is 3.97. The lowest BCUT2D eigenvalue weighted by atomic mass is 10.1. The van der Waals surface area contributed by atoms with Gasteiger partial charge in [0.25, 0.3) is 0 Å². The van der Waals surface area contributed by atoms with E-state index in [2.05, 4.69) is 9.72 Å². The number of hydrogen-bond donors (Lipinski definition) is 1. The first-order valence-electron chi connectivity index (χ1n) is 5.85. The third-order valence-corrected chi connectivity index (χ3v) is 2.82. The standard InChI is InChI=1S/C13H13F2N3O2/c1-20-13(19)11-12(16)18(7-17-11)3-2-8-4-9(14)6-10(15)5-8/h4-7H,2-3,16H2,1H3. The first-order valence-corrected chi connectivity index (χ1v) is 5.85. The lowest BCUT2D eigenvalue weighted by Crippen LogP contribution is -2.09. The van der Waals surface area contributed by atoms with Crippen molar-refractivity contribution < 1.29 is 18.3 Å².